The topological polar surface area (TPSA) is 55.6 Å². The number of hydrogen-bond donors (Lipinski definition) is 1. The molecule has 1 saturated heterocycles. The van der Waals surface area contributed by atoms with Crippen molar-refractivity contribution in [3.05, 3.63) is 0 Å². The third-order valence-corrected chi connectivity index (χ3v) is 2.41. The molecule has 1 rings (SSSR count). The van der Waals surface area contributed by atoms with Gasteiger partial charge in [0.25, 0.3) is 0 Å². The van der Waals surface area contributed by atoms with Gasteiger partial charge in [-0.05, 0) is 20.3 Å². The van der Waals surface area contributed by atoms with Crippen LogP contribution in [0, 0.1) is 0 Å². The van der Waals surface area contributed by atoms with Crippen LogP contribution in [0.25, 0.3) is 0 Å². The van der Waals surface area contributed by atoms with E-state index in [1.165, 1.54) is 0 Å². The lowest BCUT2D eigenvalue weighted by Gasteiger charge is -2.31. The Labute approximate surface area is 85.4 Å². The van der Waals surface area contributed by atoms with Crippen LogP contribution in [-0.4, -0.2) is 42.6 Å². The number of ether oxygens (including phenoxy) is 1. The van der Waals surface area contributed by atoms with E-state index >= 15 is 0 Å². The molecule has 0 bridgehead atoms. The van der Waals surface area contributed by atoms with Crippen molar-refractivity contribution in [1.82, 2.24) is 4.90 Å². The summed E-state index contributed by atoms with van der Waals surface area (Å²) in [7, 11) is 0. The fraction of sp³-hybridized carbons (Fsp3) is 0.900. The normalized spacial score (nSPS) is 24.8. The second kappa shape index (κ2) is 5.32. The summed E-state index contributed by atoms with van der Waals surface area (Å²) in [6.07, 6.45) is 1.50. The van der Waals surface area contributed by atoms with Crippen LogP contribution in [0.15, 0.2) is 0 Å². The van der Waals surface area contributed by atoms with Gasteiger partial charge in [-0.25, -0.2) is 0 Å². The van der Waals surface area contributed by atoms with E-state index in [9.17, 15) is 4.79 Å². The van der Waals surface area contributed by atoms with Crippen LogP contribution >= 0.6 is 0 Å². The van der Waals surface area contributed by atoms with Crippen LogP contribution in [0.5, 0.6) is 0 Å². The van der Waals surface area contributed by atoms with Crippen LogP contribution < -0.4 is 5.73 Å². The molecule has 0 aromatic carbocycles. The molecule has 0 aliphatic carbocycles. The summed E-state index contributed by atoms with van der Waals surface area (Å²) in [4.78, 5) is 13.5. The highest BCUT2D eigenvalue weighted by Crippen LogP contribution is 2.07. The van der Waals surface area contributed by atoms with Crippen molar-refractivity contribution >= 4 is 5.91 Å². The van der Waals surface area contributed by atoms with Crippen molar-refractivity contribution in [3.63, 3.8) is 0 Å². The van der Waals surface area contributed by atoms with Crippen molar-refractivity contribution < 1.29 is 9.53 Å². The zero-order chi connectivity index (χ0) is 10.6. The summed E-state index contributed by atoms with van der Waals surface area (Å²) in [6, 6.07) is 0.109. The summed E-state index contributed by atoms with van der Waals surface area (Å²) in [5.74, 6) is 0.206. The Kier molecular flexibility index (Phi) is 4.35. The van der Waals surface area contributed by atoms with Gasteiger partial charge in [-0.3, -0.25) is 4.79 Å². The molecule has 2 unspecified atom stereocenters. The molecule has 2 atom stereocenters. The number of hydrogen-bond acceptors (Lipinski definition) is 3. The van der Waals surface area contributed by atoms with E-state index in [0.29, 0.717) is 13.0 Å². The van der Waals surface area contributed by atoms with Gasteiger partial charge in [0.15, 0.2) is 0 Å². The quantitative estimate of drug-likeness (QED) is 0.715. The third kappa shape index (κ3) is 3.64. The Morgan fingerprint density at radius 3 is 3.00 bits per heavy atom. The third-order valence-electron chi connectivity index (χ3n) is 2.41. The Hall–Kier alpha value is -0.610. The number of carbonyl (C=O) groups excluding carboxylic acids is 1. The molecule has 4 nitrogen and oxygen atoms in total. The largest absolute Gasteiger partial charge is 0.375 e. The smallest absolute Gasteiger partial charge is 0.222 e. The standard InChI is InChI=1S/C10H20N2O2/c1-8(11)3-4-10(13)12-5-6-14-9(2)7-12/h8-9H,3-7,11H2,1-2H3. The van der Waals surface area contributed by atoms with Gasteiger partial charge >= 0.3 is 0 Å². The molecule has 4 heteroatoms. The van der Waals surface area contributed by atoms with Gasteiger partial charge in [0.05, 0.1) is 12.7 Å². The van der Waals surface area contributed by atoms with E-state index in [2.05, 4.69) is 0 Å². The van der Waals surface area contributed by atoms with Gasteiger partial charge in [-0.1, -0.05) is 0 Å². The Morgan fingerprint density at radius 1 is 1.71 bits per heavy atom. The molecule has 0 radical (unpaired) electrons. The zero-order valence-electron chi connectivity index (χ0n) is 9.03. The predicted octanol–water partition coefficient (Wildman–Crippen LogP) is 0.361. The Balaban J connectivity index is 2.29. The molecule has 0 aromatic heterocycles. The lowest BCUT2D eigenvalue weighted by molar-refractivity contribution is -0.138. The molecule has 1 fully saturated rings. The first-order chi connectivity index (χ1) is 6.59. The number of nitrogens with zero attached hydrogens (tertiary/aromatic N) is 1. The van der Waals surface area contributed by atoms with E-state index in [-0.39, 0.29) is 18.1 Å². The summed E-state index contributed by atoms with van der Waals surface area (Å²) >= 11 is 0. The van der Waals surface area contributed by atoms with Crippen molar-refractivity contribution in [2.75, 3.05) is 19.7 Å². The first-order valence-corrected chi connectivity index (χ1v) is 5.24. The average molecular weight is 200 g/mol. The monoisotopic (exact) mass is 200 g/mol. The van der Waals surface area contributed by atoms with Gasteiger partial charge in [-0.15, -0.1) is 0 Å². The van der Waals surface area contributed by atoms with E-state index in [4.69, 9.17) is 10.5 Å². The molecule has 0 spiro atoms. The zero-order valence-corrected chi connectivity index (χ0v) is 9.03. The molecule has 0 aromatic rings. The molecule has 1 aliphatic heterocycles. The Morgan fingerprint density at radius 2 is 2.43 bits per heavy atom. The molecule has 1 heterocycles. The maximum absolute atomic E-state index is 11.7. The fourth-order valence-electron chi connectivity index (χ4n) is 1.55. The van der Waals surface area contributed by atoms with Crippen LogP contribution in [0.3, 0.4) is 0 Å². The minimum atomic E-state index is 0.109. The highest BCUT2D eigenvalue weighted by Gasteiger charge is 2.20. The van der Waals surface area contributed by atoms with Crippen molar-refractivity contribution in [2.45, 2.75) is 38.8 Å². The molecular weight excluding hydrogens is 180 g/mol. The minimum Gasteiger partial charge on any atom is -0.375 e. The van der Waals surface area contributed by atoms with Crippen LogP contribution in [0.1, 0.15) is 26.7 Å². The van der Waals surface area contributed by atoms with Gasteiger partial charge in [-0.2, -0.15) is 0 Å². The number of morpholine rings is 1. The number of nitrogens with two attached hydrogens (primary N) is 1. The maximum atomic E-state index is 11.7. The van der Waals surface area contributed by atoms with Crippen molar-refractivity contribution in [1.29, 1.82) is 0 Å². The molecular formula is C10H20N2O2. The molecule has 1 aliphatic rings. The SMILES string of the molecule is CC(N)CCC(=O)N1CCOC(C)C1. The highest BCUT2D eigenvalue weighted by atomic mass is 16.5. The Bertz CT molecular complexity index is 195. The number of carbonyl (C=O) groups is 1. The minimum absolute atomic E-state index is 0.109. The van der Waals surface area contributed by atoms with E-state index in [0.717, 1.165) is 19.5 Å². The predicted molar refractivity (Wildman–Crippen MR) is 54.9 cm³/mol. The molecule has 0 saturated carbocycles. The van der Waals surface area contributed by atoms with Gasteiger partial charge < -0.3 is 15.4 Å². The van der Waals surface area contributed by atoms with E-state index in [1.807, 2.05) is 18.7 Å². The van der Waals surface area contributed by atoms with Crippen molar-refractivity contribution in [2.24, 2.45) is 5.73 Å². The molecule has 14 heavy (non-hydrogen) atoms. The van der Waals surface area contributed by atoms with E-state index < -0.39 is 0 Å². The second-order valence-electron chi connectivity index (χ2n) is 4.04. The molecule has 1 amide bonds. The van der Waals surface area contributed by atoms with Gasteiger partial charge in [0.1, 0.15) is 0 Å². The summed E-state index contributed by atoms with van der Waals surface area (Å²) in [5.41, 5.74) is 5.60. The number of rotatable bonds is 3. The average Bonchev–Trinajstić information content (AvgIpc) is 2.14. The lowest BCUT2D eigenvalue weighted by Crippen LogP contribution is -2.44. The summed E-state index contributed by atoms with van der Waals surface area (Å²) < 4.78 is 5.37. The second-order valence-corrected chi connectivity index (χ2v) is 4.04. The van der Waals surface area contributed by atoms with Gasteiger partial charge in [0, 0.05) is 25.6 Å². The summed E-state index contributed by atoms with van der Waals surface area (Å²) in [6.45, 7) is 6.02. The van der Waals surface area contributed by atoms with E-state index in [1.54, 1.807) is 0 Å². The fourth-order valence-corrected chi connectivity index (χ4v) is 1.55. The maximum Gasteiger partial charge on any atom is 0.222 e. The van der Waals surface area contributed by atoms with Gasteiger partial charge in [0.2, 0.25) is 5.91 Å². The first kappa shape index (κ1) is 11.5. The van der Waals surface area contributed by atoms with Crippen LogP contribution in [0.4, 0.5) is 0 Å². The van der Waals surface area contributed by atoms with Crippen molar-refractivity contribution in [3.8, 4) is 0 Å². The molecule has 2 N–H and O–H groups in total. The summed E-state index contributed by atoms with van der Waals surface area (Å²) in [5, 5.41) is 0. The first-order valence-electron chi connectivity index (χ1n) is 5.24. The number of amides is 1. The van der Waals surface area contributed by atoms with Crippen LogP contribution in [0.2, 0.25) is 0 Å². The van der Waals surface area contributed by atoms with Crippen LogP contribution in [-0.2, 0) is 9.53 Å². The molecule has 82 valence electrons. The lowest BCUT2D eigenvalue weighted by atomic mass is 10.1. The highest BCUT2D eigenvalue weighted by molar-refractivity contribution is 5.76.